The Kier molecular flexibility index (Phi) is 4.07. The summed E-state index contributed by atoms with van der Waals surface area (Å²) >= 11 is 0. The second-order valence-electron chi connectivity index (χ2n) is 3.85. The zero-order valence-corrected chi connectivity index (χ0v) is 10.5. The van der Waals surface area contributed by atoms with Crippen molar-refractivity contribution in [3.05, 3.63) is 42.2 Å². The van der Waals surface area contributed by atoms with E-state index in [-0.39, 0.29) is 11.7 Å². The second kappa shape index (κ2) is 5.95. The molecule has 19 heavy (non-hydrogen) atoms. The van der Waals surface area contributed by atoms with Gasteiger partial charge in [-0.2, -0.15) is 0 Å². The molecule has 0 aliphatic rings. The quantitative estimate of drug-likeness (QED) is 0.862. The molecule has 100 valence electrons. The van der Waals surface area contributed by atoms with Gasteiger partial charge in [-0.3, -0.25) is 0 Å². The largest absolute Gasteiger partial charge is 0.494 e. The molecule has 1 heterocycles. The standard InChI is InChI=1S/C14H14O5/c1-2-9-17-10-3-5-11(6-4-10)18-13-8-7-12(19-13)14(15)16/h3-8H,2,9H2,1H3,(H,15,16). The van der Waals surface area contributed by atoms with Gasteiger partial charge in [0, 0.05) is 6.07 Å². The molecule has 0 saturated carbocycles. The predicted molar refractivity (Wildman–Crippen MR) is 68.0 cm³/mol. The summed E-state index contributed by atoms with van der Waals surface area (Å²) in [6.07, 6.45) is 0.947. The maximum absolute atomic E-state index is 10.6. The first kappa shape index (κ1) is 13.0. The molecule has 5 nitrogen and oxygen atoms in total. The fraction of sp³-hybridized carbons (Fsp3) is 0.214. The minimum atomic E-state index is -1.13. The molecule has 0 spiro atoms. The summed E-state index contributed by atoms with van der Waals surface area (Å²) in [5.41, 5.74) is 0. The van der Waals surface area contributed by atoms with E-state index in [9.17, 15) is 4.79 Å². The molecule has 0 fully saturated rings. The van der Waals surface area contributed by atoms with Crippen molar-refractivity contribution in [1.82, 2.24) is 0 Å². The van der Waals surface area contributed by atoms with Crippen LogP contribution in [0.4, 0.5) is 0 Å². The number of ether oxygens (including phenoxy) is 2. The Hall–Kier alpha value is -2.43. The van der Waals surface area contributed by atoms with Crippen LogP contribution >= 0.6 is 0 Å². The van der Waals surface area contributed by atoms with Crippen molar-refractivity contribution < 1.29 is 23.8 Å². The summed E-state index contributed by atoms with van der Waals surface area (Å²) < 4.78 is 15.8. The average molecular weight is 262 g/mol. The van der Waals surface area contributed by atoms with Gasteiger partial charge in [0.1, 0.15) is 11.5 Å². The van der Waals surface area contributed by atoms with Crippen LogP contribution in [0.25, 0.3) is 0 Å². The van der Waals surface area contributed by atoms with Crippen molar-refractivity contribution in [2.75, 3.05) is 6.61 Å². The van der Waals surface area contributed by atoms with E-state index in [0.717, 1.165) is 12.2 Å². The average Bonchev–Trinajstić information content (AvgIpc) is 2.87. The van der Waals surface area contributed by atoms with Crippen molar-refractivity contribution >= 4 is 5.97 Å². The van der Waals surface area contributed by atoms with Crippen molar-refractivity contribution in [2.45, 2.75) is 13.3 Å². The third kappa shape index (κ3) is 3.51. The highest BCUT2D eigenvalue weighted by Crippen LogP contribution is 2.25. The van der Waals surface area contributed by atoms with Crippen LogP contribution < -0.4 is 9.47 Å². The van der Waals surface area contributed by atoms with Crippen LogP contribution in [0.2, 0.25) is 0 Å². The van der Waals surface area contributed by atoms with Gasteiger partial charge < -0.3 is 19.0 Å². The first-order valence-electron chi connectivity index (χ1n) is 5.93. The molecule has 0 aliphatic heterocycles. The summed E-state index contributed by atoms with van der Waals surface area (Å²) in [7, 11) is 0. The summed E-state index contributed by atoms with van der Waals surface area (Å²) in [6.45, 7) is 2.70. The lowest BCUT2D eigenvalue weighted by Crippen LogP contribution is -1.94. The number of benzene rings is 1. The Morgan fingerprint density at radius 3 is 2.42 bits per heavy atom. The number of carbonyl (C=O) groups is 1. The summed E-state index contributed by atoms with van der Waals surface area (Å²) in [4.78, 5) is 10.6. The van der Waals surface area contributed by atoms with Gasteiger partial charge in [-0.1, -0.05) is 6.92 Å². The third-order valence-corrected chi connectivity index (χ3v) is 2.31. The Balaban J connectivity index is 2.00. The van der Waals surface area contributed by atoms with E-state index in [1.807, 2.05) is 6.92 Å². The molecule has 0 aliphatic carbocycles. The predicted octanol–water partition coefficient (Wildman–Crippen LogP) is 3.56. The number of aromatic carboxylic acids is 1. The smallest absolute Gasteiger partial charge is 0.371 e. The van der Waals surface area contributed by atoms with Crippen molar-refractivity contribution in [1.29, 1.82) is 0 Å². The Labute approximate surface area is 110 Å². The topological polar surface area (TPSA) is 68.9 Å². The van der Waals surface area contributed by atoms with Crippen LogP contribution in [-0.2, 0) is 0 Å². The van der Waals surface area contributed by atoms with E-state index in [2.05, 4.69) is 0 Å². The van der Waals surface area contributed by atoms with E-state index < -0.39 is 5.97 Å². The van der Waals surface area contributed by atoms with Crippen LogP contribution in [-0.4, -0.2) is 17.7 Å². The fourth-order valence-corrected chi connectivity index (χ4v) is 1.43. The number of carboxylic acids is 1. The Morgan fingerprint density at radius 1 is 1.16 bits per heavy atom. The SMILES string of the molecule is CCCOc1ccc(Oc2ccc(C(=O)O)o2)cc1. The lowest BCUT2D eigenvalue weighted by atomic mass is 10.3. The molecule has 0 unspecified atom stereocenters. The van der Waals surface area contributed by atoms with Crippen LogP contribution in [0, 0.1) is 0 Å². The molecule has 0 atom stereocenters. The fourth-order valence-electron chi connectivity index (χ4n) is 1.43. The summed E-state index contributed by atoms with van der Waals surface area (Å²) in [5.74, 6) is 0.172. The molecular weight excluding hydrogens is 248 g/mol. The van der Waals surface area contributed by atoms with Gasteiger partial charge >= 0.3 is 5.97 Å². The van der Waals surface area contributed by atoms with Gasteiger partial charge in [0.25, 0.3) is 5.95 Å². The molecule has 2 rings (SSSR count). The lowest BCUT2D eigenvalue weighted by Gasteiger charge is -2.05. The number of carboxylic acid groups (broad SMARTS) is 1. The first-order valence-corrected chi connectivity index (χ1v) is 5.93. The molecule has 0 saturated heterocycles. The zero-order chi connectivity index (χ0) is 13.7. The highest BCUT2D eigenvalue weighted by atomic mass is 16.6. The minimum Gasteiger partial charge on any atom is -0.494 e. The lowest BCUT2D eigenvalue weighted by molar-refractivity contribution is 0.0657. The zero-order valence-electron chi connectivity index (χ0n) is 10.5. The molecule has 0 bridgehead atoms. The van der Waals surface area contributed by atoms with E-state index in [1.54, 1.807) is 24.3 Å². The molecule has 0 amide bonds. The van der Waals surface area contributed by atoms with Crippen LogP contribution in [0.3, 0.4) is 0 Å². The van der Waals surface area contributed by atoms with Crippen molar-refractivity contribution in [3.8, 4) is 17.4 Å². The van der Waals surface area contributed by atoms with Gasteiger partial charge in [0.2, 0.25) is 5.76 Å². The Morgan fingerprint density at radius 2 is 1.84 bits per heavy atom. The van der Waals surface area contributed by atoms with Gasteiger partial charge in [-0.25, -0.2) is 4.79 Å². The van der Waals surface area contributed by atoms with E-state index >= 15 is 0 Å². The van der Waals surface area contributed by atoms with Gasteiger partial charge in [-0.15, -0.1) is 0 Å². The van der Waals surface area contributed by atoms with E-state index in [0.29, 0.717) is 12.4 Å². The molecule has 0 radical (unpaired) electrons. The van der Waals surface area contributed by atoms with E-state index in [4.69, 9.17) is 19.0 Å². The first-order chi connectivity index (χ1) is 9.19. The number of hydrogen-bond donors (Lipinski definition) is 1. The molecule has 1 aromatic heterocycles. The van der Waals surface area contributed by atoms with Crippen LogP contribution in [0.15, 0.2) is 40.8 Å². The van der Waals surface area contributed by atoms with Crippen LogP contribution in [0.1, 0.15) is 23.9 Å². The Bertz CT molecular complexity index is 541. The summed E-state index contributed by atoms with van der Waals surface area (Å²) in [5, 5.41) is 8.72. The van der Waals surface area contributed by atoms with Gasteiger partial charge in [0.15, 0.2) is 0 Å². The normalized spacial score (nSPS) is 10.2. The maximum atomic E-state index is 10.6. The van der Waals surface area contributed by atoms with E-state index in [1.165, 1.54) is 12.1 Å². The molecule has 1 aromatic carbocycles. The molecule has 5 heteroatoms. The van der Waals surface area contributed by atoms with Gasteiger partial charge in [-0.05, 0) is 36.8 Å². The highest BCUT2D eigenvalue weighted by molar-refractivity contribution is 5.84. The molecular formula is C14H14O5. The number of rotatable bonds is 6. The minimum absolute atomic E-state index is 0.139. The molecule has 1 N–H and O–H groups in total. The monoisotopic (exact) mass is 262 g/mol. The highest BCUT2D eigenvalue weighted by Gasteiger charge is 2.10. The number of furan rings is 1. The number of hydrogen-bond acceptors (Lipinski definition) is 4. The van der Waals surface area contributed by atoms with Gasteiger partial charge in [0.05, 0.1) is 6.61 Å². The second-order valence-corrected chi connectivity index (χ2v) is 3.85. The van der Waals surface area contributed by atoms with Crippen molar-refractivity contribution in [3.63, 3.8) is 0 Å². The maximum Gasteiger partial charge on any atom is 0.371 e. The molecule has 2 aromatic rings. The summed E-state index contributed by atoms with van der Waals surface area (Å²) in [6, 6.07) is 9.83. The van der Waals surface area contributed by atoms with Crippen LogP contribution in [0.5, 0.6) is 17.4 Å². The van der Waals surface area contributed by atoms with Crippen molar-refractivity contribution in [2.24, 2.45) is 0 Å². The third-order valence-electron chi connectivity index (χ3n) is 2.31.